The summed E-state index contributed by atoms with van der Waals surface area (Å²) in [5, 5.41) is 5.21. The number of rotatable bonds is 3. The fourth-order valence-corrected chi connectivity index (χ4v) is 2.44. The standard InChI is InChI=1S/C16H10Cl2N2O/c17-14-7-6-13(8-15(14)18)20-16(12(10-21)9-19-20)11-4-2-1-3-5-11/h1-10H. The molecule has 0 aliphatic heterocycles. The highest BCUT2D eigenvalue weighted by atomic mass is 35.5. The van der Waals surface area contributed by atoms with E-state index >= 15 is 0 Å². The maximum atomic E-state index is 11.3. The molecule has 3 nitrogen and oxygen atoms in total. The van der Waals surface area contributed by atoms with Gasteiger partial charge < -0.3 is 0 Å². The van der Waals surface area contributed by atoms with Gasteiger partial charge in [0.25, 0.3) is 0 Å². The molecule has 2 aromatic carbocycles. The molecule has 0 aliphatic carbocycles. The smallest absolute Gasteiger partial charge is 0.153 e. The van der Waals surface area contributed by atoms with E-state index in [1.54, 1.807) is 16.8 Å². The van der Waals surface area contributed by atoms with Crippen molar-refractivity contribution in [3.8, 4) is 16.9 Å². The van der Waals surface area contributed by atoms with E-state index < -0.39 is 0 Å². The summed E-state index contributed by atoms with van der Waals surface area (Å²) in [4.78, 5) is 11.3. The van der Waals surface area contributed by atoms with Crippen LogP contribution in [0.4, 0.5) is 0 Å². The number of hydrogen-bond acceptors (Lipinski definition) is 2. The molecule has 0 fully saturated rings. The number of carbonyl (C=O) groups excluding carboxylic acids is 1. The first kappa shape index (κ1) is 13.9. The molecule has 3 aromatic rings. The van der Waals surface area contributed by atoms with E-state index in [1.165, 1.54) is 6.20 Å². The molecule has 21 heavy (non-hydrogen) atoms. The lowest BCUT2D eigenvalue weighted by Gasteiger charge is -2.09. The molecule has 5 heteroatoms. The van der Waals surface area contributed by atoms with Crippen molar-refractivity contribution in [3.63, 3.8) is 0 Å². The molecule has 0 spiro atoms. The van der Waals surface area contributed by atoms with E-state index in [1.807, 2.05) is 36.4 Å². The number of aromatic nitrogens is 2. The largest absolute Gasteiger partial charge is 0.298 e. The van der Waals surface area contributed by atoms with Crippen molar-refractivity contribution in [2.24, 2.45) is 0 Å². The van der Waals surface area contributed by atoms with E-state index in [2.05, 4.69) is 5.10 Å². The Hall–Kier alpha value is -2.10. The highest BCUT2D eigenvalue weighted by Gasteiger charge is 2.14. The number of nitrogens with zero attached hydrogens (tertiary/aromatic N) is 2. The number of benzene rings is 2. The minimum atomic E-state index is 0.441. The lowest BCUT2D eigenvalue weighted by molar-refractivity contribution is 0.112. The van der Waals surface area contributed by atoms with E-state index in [0.717, 1.165) is 23.2 Å². The van der Waals surface area contributed by atoms with Crippen molar-refractivity contribution in [1.29, 1.82) is 0 Å². The monoisotopic (exact) mass is 316 g/mol. The van der Waals surface area contributed by atoms with Crippen LogP contribution in [0.2, 0.25) is 10.0 Å². The molecular weight excluding hydrogens is 307 g/mol. The summed E-state index contributed by atoms with van der Waals surface area (Å²) < 4.78 is 1.68. The third-order valence-electron chi connectivity index (χ3n) is 3.12. The molecule has 1 aromatic heterocycles. The third-order valence-corrected chi connectivity index (χ3v) is 3.86. The van der Waals surface area contributed by atoms with E-state index in [0.29, 0.717) is 15.6 Å². The first-order valence-electron chi connectivity index (χ1n) is 6.25. The summed E-state index contributed by atoms with van der Waals surface area (Å²) in [6, 6.07) is 14.8. The summed E-state index contributed by atoms with van der Waals surface area (Å²) in [6.07, 6.45) is 2.33. The molecule has 104 valence electrons. The van der Waals surface area contributed by atoms with Crippen LogP contribution in [0.15, 0.2) is 54.7 Å². The van der Waals surface area contributed by atoms with Crippen LogP contribution >= 0.6 is 23.2 Å². The van der Waals surface area contributed by atoms with Gasteiger partial charge in [0.15, 0.2) is 6.29 Å². The maximum Gasteiger partial charge on any atom is 0.153 e. The molecule has 0 atom stereocenters. The van der Waals surface area contributed by atoms with Crippen molar-refractivity contribution in [3.05, 3.63) is 70.3 Å². The van der Waals surface area contributed by atoms with Gasteiger partial charge in [-0.1, -0.05) is 53.5 Å². The van der Waals surface area contributed by atoms with Gasteiger partial charge in [-0.2, -0.15) is 5.10 Å². The Morgan fingerprint density at radius 2 is 1.76 bits per heavy atom. The van der Waals surface area contributed by atoms with E-state index in [-0.39, 0.29) is 0 Å². The van der Waals surface area contributed by atoms with Gasteiger partial charge in [-0.05, 0) is 18.2 Å². The Morgan fingerprint density at radius 3 is 2.43 bits per heavy atom. The second-order valence-corrected chi connectivity index (χ2v) is 5.26. The first-order valence-corrected chi connectivity index (χ1v) is 7.00. The van der Waals surface area contributed by atoms with Gasteiger partial charge in [-0.25, -0.2) is 4.68 Å². The molecule has 0 bridgehead atoms. The predicted molar refractivity (Wildman–Crippen MR) is 84.4 cm³/mol. The minimum Gasteiger partial charge on any atom is -0.298 e. The summed E-state index contributed by atoms with van der Waals surface area (Å²) in [5.74, 6) is 0. The zero-order chi connectivity index (χ0) is 14.8. The van der Waals surface area contributed by atoms with Crippen LogP contribution < -0.4 is 0 Å². The Balaban J connectivity index is 2.22. The van der Waals surface area contributed by atoms with Gasteiger partial charge in [-0.3, -0.25) is 4.79 Å². The molecule has 0 saturated carbocycles. The van der Waals surface area contributed by atoms with Crippen molar-refractivity contribution < 1.29 is 4.79 Å². The van der Waals surface area contributed by atoms with Crippen LogP contribution in [-0.4, -0.2) is 16.1 Å². The molecule has 3 rings (SSSR count). The van der Waals surface area contributed by atoms with Crippen LogP contribution in [0.25, 0.3) is 16.9 Å². The Kier molecular flexibility index (Phi) is 3.78. The quantitative estimate of drug-likeness (QED) is 0.659. The fourth-order valence-electron chi connectivity index (χ4n) is 2.14. The normalized spacial score (nSPS) is 10.6. The van der Waals surface area contributed by atoms with Crippen molar-refractivity contribution in [1.82, 2.24) is 9.78 Å². The number of aldehydes is 1. The molecule has 0 unspecified atom stereocenters. The van der Waals surface area contributed by atoms with Crippen LogP contribution in [-0.2, 0) is 0 Å². The molecule has 1 heterocycles. The van der Waals surface area contributed by atoms with Gasteiger partial charge in [-0.15, -0.1) is 0 Å². The van der Waals surface area contributed by atoms with Crippen LogP contribution in [0, 0.1) is 0 Å². The van der Waals surface area contributed by atoms with Crippen LogP contribution in [0.3, 0.4) is 0 Å². The van der Waals surface area contributed by atoms with Gasteiger partial charge in [0, 0.05) is 5.56 Å². The molecule has 0 radical (unpaired) electrons. The van der Waals surface area contributed by atoms with Gasteiger partial charge in [0.05, 0.1) is 33.2 Å². The van der Waals surface area contributed by atoms with Crippen molar-refractivity contribution in [2.45, 2.75) is 0 Å². The highest BCUT2D eigenvalue weighted by Crippen LogP contribution is 2.29. The summed E-state index contributed by atoms with van der Waals surface area (Å²) in [5.41, 5.74) is 2.90. The average Bonchev–Trinajstić information content (AvgIpc) is 2.95. The van der Waals surface area contributed by atoms with Gasteiger partial charge >= 0.3 is 0 Å². The minimum absolute atomic E-state index is 0.441. The topological polar surface area (TPSA) is 34.9 Å². The molecule has 0 saturated heterocycles. The SMILES string of the molecule is O=Cc1cnn(-c2ccc(Cl)c(Cl)c2)c1-c1ccccc1. The average molecular weight is 317 g/mol. The predicted octanol–water partition coefficient (Wildman–Crippen LogP) is 4.66. The first-order chi connectivity index (χ1) is 10.2. The fraction of sp³-hybridized carbons (Fsp3) is 0. The zero-order valence-electron chi connectivity index (χ0n) is 10.8. The Bertz CT molecular complexity index is 797. The second-order valence-electron chi connectivity index (χ2n) is 4.44. The van der Waals surface area contributed by atoms with Crippen molar-refractivity contribution in [2.75, 3.05) is 0 Å². The molecule has 0 aliphatic rings. The second kappa shape index (κ2) is 5.72. The van der Waals surface area contributed by atoms with E-state index in [4.69, 9.17) is 23.2 Å². The Morgan fingerprint density at radius 1 is 1.00 bits per heavy atom. The Labute approximate surface area is 131 Å². The summed E-state index contributed by atoms with van der Waals surface area (Å²) in [6.45, 7) is 0. The van der Waals surface area contributed by atoms with Crippen molar-refractivity contribution >= 4 is 29.5 Å². The molecule has 0 amide bonds. The zero-order valence-corrected chi connectivity index (χ0v) is 12.3. The van der Waals surface area contributed by atoms with E-state index in [9.17, 15) is 4.79 Å². The van der Waals surface area contributed by atoms with Crippen LogP contribution in [0.1, 0.15) is 10.4 Å². The van der Waals surface area contributed by atoms with Crippen LogP contribution in [0.5, 0.6) is 0 Å². The summed E-state index contributed by atoms with van der Waals surface area (Å²) >= 11 is 12.0. The molecular formula is C16H10Cl2N2O. The third kappa shape index (κ3) is 2.58. The highest BCUT2D eigenvalue weighted by molar-refractivity contribution is 6.42. The van der Waals surface area contributed by atoms with Gasteiger partial charge in [0.2, 0.25) is 0 Å². The number of carbonyl (C=O) groups is 1. The lowest BCUT2D eigenvalue weighted by Crippen LogP contribution is -2.00. The number of hydrogen-bond donors (Lipinski definition) is 0. The van der Waals surface area contributed by atoms with Gasteiger partial charge in [0.1, 0.15) is 0 Å². The molecule has 0 N–H and O–H groups in total. The summed E-state index contributed by atoms with van der Waals surface area (Å²) in [7, 11) is 0. The maximum absolute atomic E-state index is 11.3. The number of halogens is 2. The lowest BCUT2D eigenvalue weighted by atomic mass is 10.1.